The van der Waals surface area contributed by atoms with Gasteiger partial charge in [-0.1, -0.05) is 48.2 Å². The zero-order chi connectivity index (χ0) is 22.9. The van der Waals surface area contributed by atoms with Gasteiger partial charge >= 0.3 is 5.97 Å². The van der Waals surface area contributed by atoms with Crippen molar-refractivity contribution in [1.82, 2.24) is 14.8 Å². The van der Waals surface area contributed by atoms with E-state index in [0.29, 0.717) is 35.6 Å². The van der Waals surface area contributed by atoms with Crippen LogP contribution >= 0.6 is 11.8 Å². The van der Waals surface area contributed by atoms with Crippen LogP contribution in [0, 0.1) is 6.92 Å². The molecule has 3 aromatic rings. The fourth-order valence-electron chi connectivity index (χ4n) is 3.06. The molecule has 3 rings (SSSR count). The SMILES string of the molecule is CCOC(=O)Cc1nnc(SCC(=O)Nc2cc(C)ccc2OC)n1Cc1ccccc1. The van der Waals surface area contributed by atoms with E-state index in [4.69, 9.17) is 9.47 Å². The first-order chi connectivity index (χ1) is 15.5. The lowest BCUT2D eigenvalue weighted by Gasteiger charge is -2.12. The van der Waals surface area contributed by atoms with E-state index in [0.717, 1.165) is 11.1 Å². The van der Waals surface area contributed by atoms with E-state index < -0.39 is 0 Å². The van der Waals surface area contributed by atoms with Crippen LogP contribution in [0.25, 0.3) is 0 Å². The van der Waals surface area contributed by atoms with Gasteiger partial charge in [0, 0.05) is 0 Å². The number of hydrogen-bond acceptors (Lipinski definition) is 7. The molecular formula is C23H26N4O4S. The lowest BCUT2D eigenvalue weighted by atomic mass is 10.2. The predicted molar refractivity (Wildman–Crippen MR) is 123 cm³/mol. The van der Waals surface area contributed by atoms with Gasteiger partial charge in [-0.25, -0.2) is 0 Å². The second kappa shape index (κ2) is 11.3. The molecule has 2 aromatic carbocycles. The maximum absolute atomic E-state index is 12.6. The third-order valence-corrected chi connectivity index (χ3v) is 5.51. The maximum Gasteiger partial charge on any atom is 0.313 e. The monoisotopic (exact) mass is 454 g/mol. The van der Waals surface area contributed by atoms with Gasteiger partial charge in [0.05, 0.1) is 31.7 Å². The van der Waals surface area contributed by atoms with Gasteiger partial charge in [-0.05, 0) is 37.1 Å². The molecule has 0 radical (unpaired) electrons. The Morgan fingerprint density at radius 1 is 1.12 bits per heavy atom. The highest BCUT2D eigenvalue weighted by Crippen LogP contribution is 2.26. The molecule has 9 heteroatoms. The Hall–Kier alpha value is -3.33. The molecule has 1 amide bonds. The Labute approximate surface area is 191 Å². The van der Waals surface area contributed by atoms with Crippen molar-refractivity contribution in [3.8, 4) is 5.75 Å². The molecule has 0 atom stereocenters. The summed E-state index contributed by atoms with van der Waals surface area (Å²) in [7, 11) is 1.56. The van der Waals surface area contributed by atoms with Crippen molar-refractivity contribution in [3.05, 3.63) is 65.5 Å². The fraction of sp³-hybridized carbons (Fsp3) is 0.304. The predicted octanol–water partition coefficient (Wildman–Crippen LogP) is 3.48. The van der Waals surface area contributed by atoms with Crippen molar-refractivity contribution in [2.75, 3.05) is 24.8 Å². The lowest BCUT2D eigenvalue weighted by molar-refractivity contribution is -0.142. The number of nitrogens with one attached hydrogen (secondary N) is 1. The summed E-state index contributed by atoms with van der Waals surface area (Å²) < 4.78 is 12.2. The van der Waals surface area contributed by atoms with Gasteiger partial charge in [-0.3, -0.25) is 9.59 Å². The molecular weight excluding hydrogens is 428 g/mol. The fourth-order valence-corrected chi connectivity index (χ4v) is 3.82. The summed E-state index contributed by atoms with van der Waals surface area (Å²) >= 11 is 1.26. The van der Waals surface area contributed by atoms with Gasteiger partial charge in [-0.15, -0.1) is 10.2 Å². The Morgan fingerprint density at radius 3 is 2.62 bits per heavy atom. The lowest BCUT2D eigenvalue weighted by Crippen LogP contribution is -2.16. The third kappa shape index (κ3) is 6.34. The van der Waals surface area contributed by atoms with Crippen LogP contribution in [0.4, 0.5) is 5.69 Å². The van der Waals surface area contributed by atoms with Crippen LogP contribution in [0.2, 0.25) is 0 Å². The first kappa shape index (κ1) is 23.3. The molecule has 0 unspecified atom stereocenters. The summed E-state index contributed by atoms with van der Waals surface area (Å²) in [6.07, 6.45) is 0.0148. The van der Waals surface area contributed by atoms with Crippen molar-refractivity contribution < 1.29 is 19.1 Å². The molecule has 32 heavy (non-hydrogen) atoms. The second-order valence-corrected chi connectivity index (χ2v) is 7.94. The minimum Gasteiger partial charge on any atom is -0.495 e. The number of amides is 1. The molecule has 1 aromatic heterocycles. The van der Waals surface area contributed by atoms with Crippen LogP contribution in [-0.4, -0.2) is 46.1 Å². The van der Waals surface area contributed by atoms with Crippen LogP contribution < -0.4 is 10.1 Å². The summed E-state index contributed by atoms with van der Waals surface area (Å²) in [5.41, 5.74) is 2.67. The number of nitrogens with zero attached hydrogens (tertiary/aromatic N) is 3. The van der Waals surface area contributed by atoms with Crippen molar-refractivity contribution in [2.45, 2.75) is 32.0 Å². The largest absolute Gasteiger partial charge is 0.495 e. The average molecular weight is 455 g/mol. The van der Waals surface area contributed by atoms with E-state index in [9.17, 15) is 9.59 Å². The highest BCUT2D eigenvalue weighted by molar-refractivity contribution is 7.99. The Bertz CT molecular complexity index is 1070. The van der Waals surface area contributed by atoms with Crippen molar-refractivity contribution in [2.24, 2.45) is 0 Å². The van der Waals surface area contributed by atoms with Crippen LogP contribution in [0.1, 0.15) is 23.9 Å². The minimum atomic E-state index is -0.366. The number of hydrogen-bond donors (Lipinski definition) is 1. The topological polar surface area (TPSA) is 95.3 Å². The standard InChI is InChI=1S/C23H26N4O4S/c1-4-31-22(29)13-20-25-26-23(27(20)14-17-8-6-5-7-9-17)32-15-21(28)24-18-12-16(2)10-11-19(18)30-3/h5-12H,4,13-15H2,1-3H3,(H,24,28). The second-order valence-electron chi connectivity index (χ2n) is 6.99. The number of aromatic nitrogens is 3. The quantitative estimate of drug-likeness (QED) is 0.370. The molecule has 0 saturated carbocycles. The van der Waals surface area contributed by atoms with Crippen molar-refractivity contribution in [3.63, 3.8) is 0 Å². The normalized spacial score (nSPS) is 10.6. The molecule has 0 aliphatic rings. The van der Waals surface area contributed by atoms with Crippen molar-refractivity contribution >= 4 is 29.3 Å². The Kier molecular flexibility index (Phi) is 8.27. The number of carbonyl (C=O) groups is 2. The van der Waals surface area contributed by atoms with Crippen LogP contribution in [0.3, 0.4) is 0 Å². The number of esters is 1. The smallest absolute Gasteiger partial charge is 0.313 e. The first-order valence-electron chi connectivity index (χ1n) is 10.2. The number of rotatable bonds is 10. The molecule has 1 heterocycles. The van der Waals surface area contributed by atoms with E-state index in [1.54, 1.807) is 14.0 Å². The van der Waals surface area contributed by atoms with Gasteiger partial charge in [0.25, 0.3) is 0 Å². The van der Waals surface area contributed by atoms with Gasteiger partial charge in [-0.2, -0.15) is 0 Å². The summed E-state index contributed by atoms with van der Waals surface area (Å²) in [5, 5.41) is 11.8. The van der Waals surface area contributed by atoms with Crippen LogP contribution in [0.15, 0.2) is 53.7 Å². The summed E-state index contributed by atoms with van der Waals surface area (Å²) in [6, 6.07) is 15.4. The molecule has 0 fully saturated rings. The van der Waals surface area contributed by atoms with Crippen molar-refractivity contribution in [1.29, 1.82) is 0 Å². The number of methoxy groups -OCH3 is 1. The zero-order valence-electron chi connectivity index (χ0n) is 18.3. The van der Waals surface area contributed by atoms with E-state index in [-0.39, 0.29) is 24.1 Å². The highest BCUT2D eigenvalue weighted by Gasteiger charge is 2.18. The molecule has 0 saturated heterocycles. The summed E-state index contributed by atoms with van der Waals surface area (Å²) in [4.78, 5) is 24.6. The third-order valence-electron chi connectivity index (χ3n) is 4.55. The molecule has 8 nitrogen and oxygen atoms in total. The van der Waals surface area contributed by atoms with E-state index >= 15 is 0 Å². The first-order valence-corrected chi connectivity index (χ1v) is 11.2. The summed E-state index contributed by atoms with van der Waals surface area (Å²) in [6.45, 7) is 4.49. The van der Waals surface area contributed by atoms with Gasteiger partial charge < -0.3 is 19.4 Å². The van der Waals surface area contributed by atoms with Gasteiger partial charge in [0.2, 0.25) is 5.91 Å². The zero-order valence-corrected chi connectivity index (χ0v) is 19.1. The molecule has 0 aliphatic carbocycles. The van der Waals surface area contributed by atoms with Crippen LogP contribution in [-0.2, 0) is 27.3 Å². The van der Waals surface area contributed by atoms with Gasteiger partial charge in [0.15, 0.2) is 5.16 Å². The number of ether oxygens (including phenoxy) is 2. The molecule has 0 bridgehead atoms. The molecule has 1 N–H and O–H groups in total. The average Bonchev–Trinajstić information content (AvgIpc) is 3.14. The number of carbonyl (C=O) groups excluding carboxylic acids is 2. The number of benzene rings is 2. The molecule has 0 spiro atoms. The Morgan fingerprint density at radius 2 is 1.91 bits per heavy atom. The number of thioether (sulfide) groups is 1. The van der Waals surface area contributed by atoms with E-state index in [1.165, 1.54) is 11.8 Å². The summed E-state index contributed by atoms with van der Waals surface area (Å²) in [5.74, 6) is 0.660. The van der Waals surface area contributed by atoms with E-state index in [2.05, 4.69) is 15.5 Å². The van der Waals surface area contributed by atoms with E-state index in [1.807, 2.05) is 60.0 Å². The number of anilines is 1. The number of aryl methyl sites for hydroxylation is 1. The van der Waals surface area contributed by atoms with Gasteiger partial charge in [0.1, 0.15) is 18.0 Å². The maximum atomic E-state index is 12.6. The molecule has 168 valence electrons. The molecule has 0 aliphatic heterocycles. The Balaban J connectivity index is 1.73. The van der Waals surface area contributed by atoms with Crippen LogP contribution in [0.5, 0.6) is 5.75 Å². The highest BCUT2D eigenvalue weighted by atomic mass is 32.2. The minimum absolute atomic E-state index is 0.0148.